The van der Waals surface area contributed by atoms with Crippen molar-refractivity contribution < 1.29 is 26.4 Å². The number of nitrogens with zero attached hydrogens (tertiary/aromatic N) is 2. The lowest BCUT2D eigenvalue weighted by Gasteiger charge is -2.04. The zero-order valence-corrected chi connectivity index (χ0v) is 9.08. The molecule has 0 aromatic carbocycles. The molecule has 1 unspecified atom stereocenters. The van der Waals surface area contributed by atoms with Gasteiger partial charge in [-0.1, -0.05) is 8.80 Å². The van der Waals surface area contributed by atoms with Crippen LogP contribution in [0.15, 0.2) is 8.80 Å². The molecule has 0 spiro atoms. The van der Waals surface area contributed by atoms with Crippen LogP contribution in [0.1, 0.15) is 6.92 Å². The van der Waals surface area contributed by atoms with E-state index in [9.17, 15) is 26.4 Å². The Morgan fingerprint density at radius 3 is 1.93 bits per heavy atom. The van der Waals surface area contributed by atoms with Crippen LogP contribution < -0.4 is 0 Å². The van der Waals surface area contributed by atoms with Crippen molar-refractivity contribution in [3.63, 3.8) is 0 Å². The minimum absolute atomic E-state index is 0.781. The van der Waals surface area contributed by atoms with Gasteiger partial charge in [-0.05, 0) is 6.92 Å². The van der Waals surface area contributed by atoms with Gasteiger partial charge in [-0.3, -0.25) is 0 Å². The first-order valence-electron chi connectivity index (χ1n) is 3.40. The van der Waals surface area contributed by atoms with E-state index in [0.717, 1.165) is 19.1 Å². The Balaban J connectivity index is 5.03. The number of isocyanates is 2. The molecule has 0 saturated heterocycles. The molecule has 84 valence electrons. The normalized spacial score (nSPS) is 13.4. The van der Waals surface area contributed by atoms with Gasteiger partial charge in [0.25, 0.3) is 32.2 Å². The summed E-state index contributed by atoms with van der Waals surface area (Å²) in [7, 11) is -8.43. The van der Waals surface area contributed by atoms with E-state index < -0.39 is 31.0 Å². The lowest BCUT2D eigenvalue weighted by Crippen LogP contribution is -2.24. The predicted molar refractivity (Wildman–Crippen MR) is 48.4 cm³/mol. The summed E-state index contributed by atoms with van der Waals surface area (Å²) in [6.07, 6.45) is 1.57. The van der Waals surface area contributed by atoms with Crippen molar-refractivity contribution in [2.45, 2.75) is 12.2 Å². The number of hydrogen-bond donors (Lipinski definition) is 0. The first kappa shape index (κ1) is 13.7. The van der Waals surface area contributed by atoms with Crippen LogP contribution in [-0.2, 0) is 29.6 Å². The third-order valence-electron chi connectivity index (χ3n) is 1.29. The highest BCUT2D eigenvalue weighted by molar-refractivity contribution is 7.94. The van der Waals surface area contributed by atoms with Gasteiger partial charge in [0.2, 0.25) is 0 Å². The lowest BCUT2D eigenvalue weighted by atomic mass is 10.6. The third kappa shape index (κ3) is 4.61. The van der Waals surface area contributed by atoms with Crippen molar-refractivity contribution in [1.82, 2.24) is 0 Å². The van der Waals surface area contributed by atoms with Gasteiger partial charge in [-0.15, -0.1) is 0 Å². The van der Waals surface area contributed by atoms with Crippen molar-refractivity contribution in [2.75, 3.05) is 5.75 Å². The first-order valence-corrected chi connectivity index (χ1v) is 6.51. The molecular weight excluding hydrogens is 248 g/mol. The number of carbonyl (C=O) groups excluding carboxylic acids is 2. The average Bonchev–Trinajstić information content (AvgIpc) is 2.02. The molecular formula is C5H6N2O6S2. The summed E-state index contributed by atoms with van der Waals surface area (Å²) < 4.78 is 48.6. The Kier molecular flexibility index (Phi) is 4.50. The molecule has 0 aromatic rings. The molecule has 0 N–H and O–H groups in total. The molecule has 0 saturated carbocycles. The predicted octanol–water partition coefficient (Wildman–Crippen LogP) is -1.29. The molecule has 0 aromatic heterocycles. The fourth-order valence-corrected chi connectivity index (χ4v) is 2.89. The van der Waals surface area contributed by atoms with E-state index in [1.807, 2.05) is 0 Å². The van der Waals surface area contributed by atoms with Gasteiger partial charge in [0, 0.05) is 0 Å². The number of hydrogen-bond acceptors (Lipinski definition) is 6. The number of rotatable bonds is 5. The van der Waals surface area contributed by atoms with Crippen molar-refractivity contribution in [1.29, 1.82) is 0 Å². The summed E-state index contributed by atoms with van der Waals surface area (Å²) in [6, 6.07) is 0. The second-order valence-electron chi connectivity index (χ2n) is 2.44. The topological polar surface area (TPSA) is 127 Å². The van der Waals surface area contributed by atoms with Crippen molar-refractivity contribution in [3.05, 3.63) is 0 Å². The molecule has 10 heteroatoms. The van der Waals surface area contributed by atoms with Crippen LogP contribution in [0.25, 0.3) is 0 Å². The Bertz CT molecular complexity index is 520. The van der Waals surface area contributed by atoms with Crippen molar-refractivity contribution in [2.24, 2.45) is 8.80 Å². The van der Waals surface area contributed by atoms with Crippen molar-refractivity contribution in [3.8, 4) is 0 Å². The largest absolute Gasteiger partial charge is 0.267 e. The van der Waals surface area contributed by atoms with Gasteiger partial charge in [0.15, 0.2) is 0 Å². The summed E-state index contributed by atoms with van der Waals surface area (Å²) in [5.74, 6) is -0.949. The molecule has 0 heterocycles. The fourth-order valence-electron chi connectivity index (χ4n) is 0.619. The Hall–Kier alpha value is -1.34. The second kappa shape index (κ2) is 4.94. The van der Waals surface area contributed by atoms with E-state index in [0.29, 0.717) is 0 Å². The maximum Gasteiger partial charge on any atom is 0.267 e. The highest BCUT2D eigenvalue weighted by atomic mass is 32.2. The van der Waals surface area contributed by atoms with Crippen LogP contribution in [-0.4, -0.2) is 40.0 Å². The Labute approximate surface area is 85.8 Å². The van der Waals surface area contributed by atoms with Crippen LogP contribution in [0.3, 0.4) is 0 Å². The van der Waals surface area contributed by atoms with E-state index in [1.165, 1.54) is 0 Å². The number of sulfonamides is 2. The average molecular weight is 254 g/mol. The third-order valence-corrected chi connectivity index (χ3v) is 4.29. The smallest absolute Gasteiger partial charge is 0.210 e. The minimum Gasteiger partial charge on any atom is -0.210 e. The Morgan fingerprint density at radius 1 is 1.07 bits per heavy atom. The lowest BCUT2D eigenvalue weighted by molar-refractivity contribution is 0.559. The van der Waals surface area contributed by atoms with Crippen LogP contribution in [0.2, 0.25) is 0 Å². The van der Waals surface area contributed by atoms with E-state index in [4.69, 9.17) is 0 Å². The zero-order chi connectivity index (χ0) is 12.1. The van der Waals surface area contributed by atoms with Crippen LogP contribution in [0.5, 0.6) is 0 Å². The van der Waals surface area contributed by atoms with Crippen LogP contribution >= 0.6 is 0 Å². The van der Waals surface area contributed by atoms with Gasteiger partial charge < -0.3 is 0 Å². The standard InChI is InChI=1S/C5H6N2O6S2/c1-5(15(12,13)7-4-9)2-14(10,11)6-3-8/h5H,2H2,1H3. The summed E-state index contributed by atoms with van der Waals surface area (Å²) in [6.45, 7) is 1.01. The van der Waals surface area contributed by atoms with E-state index in [2.05, 4.69) is 8.80 Å². The molecule has 15 heavy (non-hydrogen) atoms. The maximum absolute atomic E-state index is 11.0. The van der Waals surface area contributed by atoms with Gasteiger partial charge in [-0.25, -0.2) is 26.4 Å². The summed E-state index contributed by atoms with van der Waals surface area (Å²) >= 11 is 0. The summed E-state index contributed by atoms with van der Waals surface area (Å²) in [5, 5.41) is -1.49. The molecule has 0 aliphatic heterocycles. The molecule has 0 aliphatic carbocycles. The van der Waals surface area contributed by atoms with E-state index in [1.54, 1.807) is 0 Å². The molecule has 0 radical (unpaired) electrons. The summed E-state index contributed by atoms with van der Waals surface area (Å²) in [4.78, 5) is 19.4. The molecule has 0 bridgehead atoms. The molecule has 8 nitrogen and oxygen atoms in total. The molecule has 0 fully saturated rings. The molecule has 1 atom stereocenters. The Morgan fingerprint density at radius 2 is 1.53 bits per heavy atom. The van der Waals surface area contributed by atoms with Crippen LogP contribution in [0.4, 0.5) is 0 Å². The highest BCUT2D eigenvalue weighted by Crippen LogP contribution is 2.07. The molecule has 0 amide bonds. The molecule has 0 aliphatic rings. The fraction of sp³-hybridized carbons (Fsp3) is 0.600. The summed E-state index contributed by atoms with van der Waals surface area (Å²) in [5.41, 5.74) is 0. The van der Waals surface area contributed by atoms with Crippen LogP contribution in [0, 0.1) is 0 Å². The molecule has 0 rings (SSSR count). The van der Waals surface area contributed by atoms with E-state index >= 15 is 0 Å². The highest BCUT2D eigenvalue weighted by Gasteiger charge is 2.26. The minimum atomic E-state index is -4.23. The second-order valence-corrected chi connectivity index (χ2v) is 6.14. The maximum atomic E-state index is 11.0. The van der Waals surface area contributed by atoms with Gasteiger partial charge in [0.1, 0.15) is 0 Å². The SMILES string of the molecule is CC(CS(=O)(=O)N=C=O)S(=O)(=O)N=C=O. The van der Waals surface area contributed by atoms with Gasteiger partial charge >= 0.3 is 0 Å². The van der Waals surface area contributed by atoms with Crippen molar-refractivity contribution >= 4 is 32.2 Å². The van der Waals surface area contributed by atoms with Gasteiger partial charge in [0.05, 0.1) is 11.0 Å². The van der Waals surface area contributed by atoms with E-state index in [-0.39, 0.29) is 0 Å². The first-order chi connectivity index (χ1) is 6.75. The monoisotopic (exact) mass is 254 g/mol. The van der Waals surface area contributed by atoms with Gasteiger partial charge in [-0.2, -0.15) is 0 Å². The zero-order valence-electron chi connectivity index (χ0n) is 7.44. The quantitative estimate of drug-likeness (QED) is 0.443.